The monoisotopic (exact) mass is 353 g/mol. The van der Waals surface area contributed by atoms with Crippen LogP contribution < -0.4 is 14.8 Å². The second-order valence-corrected chi connectivity index (χ2v) is 5.81. The van der Waals surface area contributed by atoms with Crippen molar-refractivity contribution in [3.05, 3.63) is 72.8 Å². The van der Waals surface area contributed by atoms with Crippen molar-refractivity contribution in [3.8, 4) is 17.2 Å². The van der Waals surface area contributed by atoms with Gasteiger partial charge in [0.15, 0.2) is 0 Å². The molecule has 0 saturated carbocycles. The third-order valence-corrected chi connectivity index (χ3v) is 4.00. The van der Waals surface area contributed by atoms with Crippen LogP contribution in [0.3, 0.4) is 0 Å². The molecule has 0 spiro atoms. The standard InChI is InChI=1S/C20H23N3O3/c1-25-19-4-2-3-16(13-19)20(24)14-21-10-12-26-18-7-5-17(6-8-18)23-11-9-22-15-23/h2-9,11,13,15,20-21,24H,10,12,14H2,1H3. The van der Waals surface area contributed by atoms with E-state index >= 15 is 0 Å². The molecule has 136 valence electrons. The number of hydrogen-bond acceptors (Lipinski definition) is 5. The van der Waals surface area contributed by atoms with E-state index in [0.717, 1.165) is 22.7 Å². The first kappa shape index (κ1) is 18.0. The Hall–Kier alpha value is -2.83. The van der Waals surface area contributed by atoms with Gasteiger partial charge in [-0.2, -0.15) is 0 Å². The fourth-order valence-corrected chi connectivity index (χ4v) is 2.57. The fourth-order valence-electron chi connectivity index (χ4n) is 2.57. The summed E-state index contributed by atoms with van der Waals surface area (Å²) in [6.45, 7) is 1.62. The largest absolute Gasteiger partial charge is 0.497 e. The molecule has 0 aliphatic carbocycles. The third-order valence-electron chi connectivity index (χ3n) is 4.00. The van der Waals surface area contributed by atoms with Gasteiger partial charge in [-0.25, -0.2) is 4.98 Å². The first-order valence-corrected chi connectivity index (χ1v) is 8.50. The molecule has 0 bridgehead atoms. The second-order valence-electron chi connectivity index (χ2n) is 5.81. The molecule has 1 atom stereocenters. The van der Waals surface area contributed by atoms with Gasteiger partial charge in [0.2, 0.25) is 0 Å². The minimum Gasteiger partial charge on any atom is -0.497 e. The highest BCUT2D eigenvalue weighted by Crippen LogP contribution is 2.18. The van der Waals surface area contributed by atoms with E-state index in [1.54, 1.807) is 19.6 Å². The summed E-state index contributed by atoms with van der Waals surface area (Å²) < 4.78 is 12.8. The molecule has 1 unspecified atom stereocenters. The Morgan fingerprint density at radius 3 is 2.73 bits per heavy atom. The summed E-state index contributed by atoms with van der Waals surface area (Å²) in [5.74, 6) is 1.55. The molecule has 0 radical (unpaired) electrons. The van der Waals surface area contributed by atoms with Gasteiger partial charge in [-0.3, -0.25) is 0 Å². The van der Waals surface area contributed by atoms with Crippen molar-refractivity contribution in [2.75, 3.05) is 26.8 Å². The maximum atomic E-state index is 10.2. The molecule has 2 aromatic carbocycles. The smallest absolute Gasteiger partial charge is 0.119 e. The SMILES string of the molecule is COc1cccc(C(O)CNCCOc2ccc(-n3ccnc3)cc2)c1. The summed E-state index contributed by atoms with van der Waals surface area (Å²) in [6, 6.07) is 15.3. The third kappa shape index (κ3) is 4.84. The van der Waals surface area contributed by atoms with Crippen LogP contribution in [0.4, 0.5) is 0 Å². The zero-order valence-corrected chi connectivity index (χ0v) is 14.7. The van der Waals surface area contributed by atoms with Crippen LogP contribution in [0.15, 0.2) is 67.3 Å². The molecule has 2 N–H and O–H groups in total. The number of hydrogen-bond donors (Lipinski definition) is 2. The Kier molecular flexibility index (Phi) is 6.24. The average molecular weight is 353 g/mol. The van der Waals surface area contributed by atoms with Crippen molar-refractivity contribution in [2.24, 2.45) is 0 Å². The van der Waals surface area contributed by atoms with Crippen LogP contribution in [0.25, 0.3) is 5.69 Å². The van der Waals surface area contributed by atoms with Crippen molar-refractivity contribution in [1.82, 2.24) is 14.9 Å². The van der Waals surface area contributed by atoms with Crippen molar-refractivity contribution < 1.29 is 14.6 Å². The van der Waals surface area contributed by atoms with Crippen molar-refractivity contribution >= 4 is 0 Å². The van der Waals surface area contributed by atoms with Gasteiger partial charge in [-0.05, 0) is 42.0 Å². The molecule has 1 aromatic heterocycles. The Morgan fingerprint density at radius 2 is 2.00 bits per heavy atom. The number of aromatic nitrogens is 2. The number of aliphatic hydroxyl groups is 1. The van der Waals surface area contributed by atoms with E-state index in [0.29, 0.717) is 19.7 Å². The second kappa shape index (κ2) is 9.03. The lowest BCUT2D eigenvalue weighted by atomic mass is 10.1. The van der Waals surface area contributed by atoms with Gasteiger partial charge >= 0.3 is 0 Å². The molecule has 0 amide bonds. The van der Waals surface area contributed by atoms with Gasteiger partial charge in [0.05, 0.1) is 19.5 Å². The summed E-state index contributed by atoms with van der Waals surface area (Å²) in [5, 5.41) is 13.4. The number of nitrogens with zero attached hydrogens (tertiary/aromatic N) is 2. The quantitative estimate of drug-likeness (QED) is 0.579. The molecule has 3 rings (SSSR count). The van der Waals surface area contributed by atoms with E-state index in [1.807, 2.05) is 59.3 Å². The molecule has 1 heterocycles. The molecule has 26 heavy (non-hydrogen) atoms. The highest BCUT2D eigenvalue weighted by molar-refractivity contribution is 5.37. The van der Waals surface area contributed by atoms with Crippen LogP contribution >= 0.6 is 0 Å². The number of methoxy groups -OCH3 is 1. The van der Waals surface area contributed by atoms with E-state index in [2.05, 4.69) is 10.3 Å². The molecule has 0 fully saturated rings. The highest BCUT2D eigenvalue weighted by atomic mass is 16.5. The maximum absolute atomic E-state index is 10.2. The molecular formula is C20H23N3O3. The topological polar surface area (TPSA) is 68.5 Å². The Labute approximate surface area is 153 Å². The van der Waals surface area contributed by atoms with E-state index in [1.165, 1.54) is 0 Å². The molecular weight excluding hydrogens is 330 g/mol. The Morgan fingerprint density at radius 1 is 1.15 bits per heavy atom. The summed E-state index contributed by atoms with van der Waals surface area (Å²) in [7, 11) is 1.61. The summed E-state index contributed by atoms with van der Waals surface area (Å²) in [6.07, 6.45) is 4.82. The lowest BCUT2D eigenvalue weighted by Crippen LogP contribution is -2.26. The highest BCUT2D eigenvalue weighted by Gasteiger charge is 2.07. The minimum absolute atomic E-state index is 0.454. The van der Waals surface area contributed by atoms with Crippen molar-refractivity contribution in [1.29, 1.82) is 0 Å². The first-order valence-electron chi connectivity index (χ1n) is 8.50. The fraction of sp³-hybridized carbons (Fsp3) is 0.250. The normalized spacial score (nSPS) is 11.9. The Bertz CT molecular complexity index is 788. The van der Waals surface area contributed by atoms with Crippen LogP contribution in [-0.4, -0.2) is 41.5 Å². The van der Waals surface area contributed by atoms with Gasteiger partial charge in [-0.1, -0.05) is 12.1 Å². The minimum atomic E-state index is -0.584. The molecule has 6 nitrogen and oxygen atoms in total. The van der Waals surface area contributed by atoms with E-state index in [-0.39, 0.29) is 0 Å². The number of aliphatic hydroxyl groups excluding tert-OH is 1. The lowest BCUT2D eigenvalue weighted by Gasteiger charge is -2.13. The van der Waals surface area contributed by atoms with E-state index in [4.69, 9.17) is 9.47 Å². The zero-order chi connectivity index (χ0) is 18.2. The van der Waals surface area contributed by atoms with Crippen LogP contribution in [0.1, 0.15) is 11.7 Å². The number of rotatable bonds is 9. The summed E-state index contributed by atoms with van der Waals surface area (Å²) in [4.78, 5) is 4.03. The summed E-state index contributed by atoms with van der Waals surface area (Å²) >= 11 is 0. The molecule has 0 saturated heterocycles. The number of benzene rings is 2. The molecule has 0 aliphatic rings. The van der Waals surface area contributed by atoms with Gasteiger partial charge in [0.25, 0.3) is 0 Å². The average Bonchev–Trinajstić information content (AvgIpc) is 3.23. The van der Waals surface area contributed by atoms with Crippen LogP contribution in [0.2, 0.25) is 0 Å². The van der Waals surface area contributed by atoms with Crippen LogP contribution in [-0.2, 0) is 0 Å². The van der Waals surface area contributed by atoms with Crippen LogP contribution in [0.5, 0.6) is 11.5 Å². The zero-order valence-electron chi connectivity index (χ0n) is 14.7. The number of ether oxygens (including phenoxy) is 2. The van der Waals surface area contributed by atoms with Gasteiger partial charge in [0, 0.05) is 31.2 Å². The molecule has 3 aromatic rings. The molecule has 0 aliphatic heterocycles. The lowest BCUT2D eigenvalue weighted by molar-refractivity contribution is 0.171. The number of nitrogens with one attached hydrogen (secondary N) is 1. The van der Waals surface area contributed by atoms with E-state index < -0.39 is 6.10 Å². The summed E-state index contributed by atoms with van der Waals surface area (Å²) in [5.41, 5.74) is 1.86. The van der Waals surface area contributed by atoms with E-state index in [9.17, 15) is 5.11 Å². The predicted molar refractivity (Wildman–Crippen MR) is 99.9 cm³/mol. The first-order chi connectivity index (χ1) is 12.8. The van der Waals surface area contributed by atoms with Crippen LogP contribution in [0, 0.1) is 0 Å². The maximum Gasteiger partial charge on any atom is 0.119 e. The van der Waals surface area contributed by atoms with Gasteiger partial charge in [0.1, 0.15) is 18.1 Å². The predicted octanol–water partition coefficient (Wildman–Crippen LogP) is 2.58. The van der Waals surface area contributed by atoms with Gasteiger partial charge in [-0.15, -0.1) is 0 Å². The number of imidazole rings is 1. The Balaban J connectivity index is 1.38. The van der Waals surface area contributed by atoms with Crippen molar-refractivity contribution in [2.45, 2.75) is 6.10 Å². The van der Waals surface area contributed by atoms with Gasteiger partial charge < -0.3 is 24.5 Å². The van der Waals surface area contributed by atoms with Crippen molar-refractivity contribution in [3.63, 3.8) is 0 Å². The molecule has 6 heteroatoms.